The lowest BCUT2D eigenvalue weighted by Crippen LogP contribution is -2.34. The highest BCUT2D eigenvalue weighted by molar-refractivity contribution is 7.92. The number of halogens is 1. The van der Waals surface area contributed by atoms with Gasteiger partial charge in [0.2, 0.25) is 0 Å². The van der Waals surface area contributed by atoms with E-state index in [0.29, 0.717) is 22.3 Å². The van der Waals surface area contributed by atoms with Crippen molar-refractivity contribution in [1.82, 2.24) is 4.98 Å². The van der Waals surface area contributed by atoms with Crippen molar-refractivity contribution in [2.24, 2.45) is 5.92 Å². The number of nitrogens with zero attached hydrogens (tertiary/aromatic N) is 2. The number of carbonyl (C=O) groups is 1. The van der Waals surface area contributed by atoms with E-state index in [1.807, 2.05) is 4.90 Å². The summed E-state index contributed by atoms with van der Waals surface area (Å²) in [5.41, 5.74) is 0.477. The second kappa shape index (κ2) is 7.97. The molecule has 1 aliphatic rings. The van der Waals surface area contributed by atoms with Crippen molar-refractivity contribution in [1.29, 1.82) is 0 Å². The minimum atomic E-state index is -3.93. The minimum absolute atomic E-state index is 0.0300. The molecular weight excluding hydrogens is 402 g/mol. The van der Waals surface area contributed by atoms with Gasteiger partial charge in [0.1, 0.15) is 11.4 Å². The van der Waals surface area contributed by atoms with Gasteiger partial charge in [-0.2, -0.15) is 0 Å². The molecule has 9 heteroatoms. The number of anilines is 2. The Bertz CT molecular complexity index is 1000. The van der Waals surface area contributed by atoms with Gasteiger partial charge in [0.15, 0.2) is 0 Å². The molecule has 2 aromatic rings. The van der Waals surface area contributed by atoms with Gasteiger partial charge in [-0.15, -0.1) is 0 Å². The number of benzene rings is 1. The molecule has 150 valence electrons. The van der Waals surface area contributed by atoms with E-state index in [-0.39, 0.29) is 16.1 Å². The highest BCUT2D eigenvalue weighted by atomic mass is 35.5. The van der Waals surface area contributed by atoms with E-state index >= 15 is 0 Å². The van der Waals surface area contributed by atoms with Crippen LogP contribution in [-0.2, 0) is 10.0 Å². The lowest BCUT2D eigenvalue weighted by atomic mass is 9.99. The zero-order valence-electron chi connectivity index (χ0n) is 15.6. The van der Waals surface area contributed by atoms with Crippen LogP contribution in [0.3, 0.4) is 0 Å². The van der Waals surface area contributed by atoms with Crippen LogP contribution in [0.4, 0.5) is 11.5 Å². The molecule has 28 heavy (non-hydrogen) atoms. The second-order valence-corrected chi connectivity index (χ2v) is 9.10. The number of sulfonamides is 1. The van der Waals surface area contributed by atoms with Gasteiger partial charge in [0.05, 0.1) is 16.8 Å². The molecule has 2 N–H and O–H groups in total. The van der Waals surface area contributed by atoms with Crippen molar-refractivity contribution >= 4 is 39.1 Å². The molecule has 0 amide bonds. The maximum absolute atomic E-state index is 12.7. The number of carboxylic acids is 1. The van der Waals surface area contributed by atoms with Crippen LogP contribution in [0.1, 0.15) is 35.7 Å². The van der Waals surface area contributed by atoms with Gasteiger partial charge in [-0.3, -0.25) is 4.72 Å². The summed E-state index contributed by atoms with van der Waals surface area (Å²) in [5.74, 6) is -0.195. The lowest BCUT2D eigenvalue weighted by Gasteiger charge is -2.32. The third-order valence-electron chi connectivity index (χ3n) is 4.94. The van der Waals surface area contributed by atoms with Crippen LogP contribution in [0.2, 0.25) is 5.02 Å². The first kappa shape index (κ1) is 20.4. The Hall–Kier alpha value is -2.32. The molecule has 1 saturated heterocycles. The Kier molecular flexibility index (Phi) is 5.81. The minimum Gasteiger partial charge on any atom is -0.478 e. The van der Waals surface area contributed by atoms with Crippen LogP contribution in [0.15, 0.2) is 35.4 Å². The van der Waals surface area contributed by atoms with Crippen molar-refractivity contribution in [3.63, 3.8) is 0 Å². The number of rotatable bonds is 5. The third kappa shape index (κ3) is 4.23. The van der Waals surface area contributed by atoms with Crippen LogP contribution in [-0.4, -0.2) is 37.6 Å². The fourth-order valence-electron chi connectivity index (χ4n) is 3.23. The van der Waals surface area contributed by atoms with Crippen molar-refractivity contribution in [3.8, 4) is 0 Å². The Labute approximate surface area is 169 Å². The molecule has 0 unspecified atom stereocenters. The standard InChI is InChI=1S/C19H22ClN3O4S/c1-12-6-8-23(9-7-12)18-15(19(24)25)10-14(11-21-18)22-28(26,27)17-5-3-4-16(20)13(17)2/h3-5,10-12,22H,6-9H2,1-2H3,(H,24,25). The summed E-state index contributed by atoms with van der Waals surface area (Å²) in [5, 5.41) is 9.94. The SMILES string of the molecule is Cc1c(Cl)cccc1S(=O)(=O)Nc1cnc(N2CCC(C)CC2)c(C(=O)O)c1. The van der Waals surface area contributed by atoms with E-state index in [9.17, 15) is 18.3 Å². The largest absolute Gasteiger partial charge is 0.478 e. The summed E-state index contributed by atoms with van der Waals surface area (Å²) >= 11 is 6.02. The summed E-state index contributed by atoms with van der Waals surface area (Å²) in [6.45, 7) is 5.22. The van der Waals surface area contributed by atoms with Crippen molar-refractivity contribution in [2.75, 3.05) is 22.7 Å². The first-order chi connectivity index (χ1) is 13.2. The van der Waals surface area contributed by atoms with Gasteiger partial charge >= 0.3 is 5.97 Å². The summed E-state index contributed by atoms with van der Waals surface area (Å²) < 4.78 is 27.9. The van der Waals surface area contributed by atoms with Crippen LogP contribution in [0.25, 0.3) is 0 Å². The first-order valence-corrected chi connectivity index (χ1v) is 10.8. The predicted molar refractivity (Wildman–Crippen MR) is 109 cm³/mol. The Balaban J connectivity index is 1.92. The van der Waals surface area contributed by atoms with E-state index < -0.39 is 16.0 Å². The maximum atomic E-state index is 12.7. The maximum Gasteiger partial charge on any atom is 0.339 e. The van der Waals surface area contributed by atoms with E-state index in [0.717, 1.165) is 25.9 Å². The number of nitrogens with one attached hydrogen (secondary N) is 1. The number of hydrogen-bond donors (Lipinski definition) is 2. The van der Waals surface area contributed by atoms with Crippen LogP contribution < -0.4 is 9.62 Å². The molecule has 1 fully saturated rings. The molecule has 3 rings (SSSR count). The number of hydrogen-bond acceptors (Lipinski definition) is 5. The first-order valence-electron chi connectivity index (χ1n) is 8.95. The molecule has 0 aliphatic carbocycles. The monoisotopic (exact) mass is 423 g/mol. The van der Waals surface area contributed by atoms with E-state index in [1.165, 1.54) is 18.3 Å². The summed E-state index contributed by atoms with van der Waals surface area (Å²) in [7, 11) is -3.93. The van der Waals surface area contributed by atoms with Crippen LogP contribution in [0.5, 0.6) is 0 Å². The fraction of sp³-hybridized carbons (Fsp3) is 0.368. The summed E-state index contributed by atoms with van der Waals surface area (Å²) in [4.78, 5) is 18.0. The fourth-order valence-corrected chi connectivity index (χ4v) is 4.77. The van der Waals surface area contributed by atoms with E-state index in [4.69, 9.17) is 11.6 Å². The molecule has 0 radical (unpaired) electrons. The Morgan fingerprint density at radius 1 is 1.32 bits per heavy atom. The molecule has 0 bridgehead atoms. The average Bonchev–Trinajstić information content (AvgIpc) is 2.64. The smallest absolute Gasteiger partial charge is 0.339 e. The zero-order valence-corrected chi connectivity index (χ0v) is 17.2. The zero-order chi connectivity index (χ0) is 20.5. The Morgan fingerprint density at radius 3 is 2.64 bits per heavy atom. The quantitative estimate of drug-likeness (QED) is 0.759. The molecule has 1 aromatic carbocycles. The molecule has 0 saturated carbocycles. The molecule has 7 nitrogen and oxygen atoms in total. The van der Waals surface area contributed by atoms with Crippen molar-refractivity contribution in [2.45, 2.75) is 31.6 Å². The highest BCUT2D eigenvalue weighted by Crippen LogP contribution is 2.28. The van der Waals surface area contributed by atoms with Crippen LogP contribution >= 0.6 is 11.6 Å². The number of carboxylic acid groups (broad SMARTS) is 1. The molecule has 1 aliphatic heterocycles. The molecule has 0 atom stereocenters. The van der Waals surface area contributed by atoms with Gasteiger partial charge in [-0.25, -0.2) is 18.2 Å². The molecule has 1 aromatic heterocycles. The molecular formula is C19H22ClN3O4S. The van der Waals surface area contributed by atoms with Crippen molar-refractivity contribution in [3.05, 3.63) is 46.6 Å². The highest BCUT2D eigenvalue weighted by Gasteiger charge is 2.24. The van der Waals surface area contributed by atoms with Gasteiger partial charge in [0, 0.05) is 18.1 Å². The van der Waals surface area contributed by atoms with Gasteiger partial charge < -0.3 is 10.0 Å². The summed E-state index contributed by atoms with van der Waals surface area (Å²) in [6.07, 6.45) is 3.27. The number of aromatic carboxylic acids is 1. The average molecular weight is 424 g/mol. The number of pyridine rings is 1. The number of piperidine rings is 1. The third-order valence-corrected chi connectivity index (χ3v) is 6.88. The summed E-state index contributed by atoms with van der Waals surface area (Å²) in [6, 6.07) is 5.90. The van der Waals surface area contributed by atoms with E-state index in [2.05, 4.69) is 16.6 Å². The van der Waals surface area contributed by atoms with Gasteiger partial charge in [-0.05, 0) is 49.4 Å². The predicted octanol–water partition coefficient (Wildman–Crippen LogP) is 3.78. The number of aromatic nitrogens is 1. The van der Waals surface area contributed by atoms with Crippen molar-refractivity contribution < 1.29 is 18.3 Å². The second-order valence-electron chi connectivity index (χ2n) is 7.04. The van der Waals surface area contributed by atoms with E-state index in [1.54, 1.807) is 19.1 Å². The van der Waals surface area contributed by atoms with Gasteiger partial charge in [-0.1, -0.05) is 24.6 Å². The van der Waals surface area contributed by atoms with Gasteiger partial charge in [0.25, 0.3) is 10.0 Å². The molecule has 0 spiro atoms. The Morgan fingerprint density at radius 2 is 2.00 bits per heavy atom. The lowest BCUT2D eigenvalue weighted by molar-refractivity contribution is 0.0697. The topological polar surface area (TPSA) is 99.6 Å². The van der Waals surface area contributed by atoms with Crippen LogP contribution in [0, 0.1) is 12.8 Å². The normalized spacial score (nSPS) is 15.5. The molecule has 2 heterocycles.